The lowest BCUT2D eigenvalue weighted by Gasteiger charge is -2.12. The van der Waals surface area contributed by atoms with Gasteiger partial charge in [0.25, 0.3) is 5.91 Å². The molecule has 0 radical (unpaired) electrons. The lowest BCUT2D eigenvalue weighted by molar-refractivity contribution is -0.140. The number of H-pyrrole nitrogens is 1. The van der Waals surface area contributed by atoms with Crippen LogP contribution in [0.1, 0.15) is 21.6 Å². The topological polar surface area (TPSA) is 44.9 Å². The Labute approximate surface area is 142 Å². The first-order chi connectivity index (χ1) is 12.1. The van der Waals surface area contributed by atoms with Gasteiger partial charge in [0.05, 0.1) is 11.1 Å². The number of hydrogen-bond acceptors (Lipinski definition) is 1. The number of fused-ring (bicyclic) bond motifs is 1. The highest BCUT2D eigenvalue weighted by atomic mass is 19.4. The number of alkyl halides is 6. The molecule has 0 aliphatic carbocycles. The predicted octanol–water partition coefficient (Wildman–Crippen LogP) is 5.46. The van der Waals surface area contributed by atoms with Crippen LogP contribution < -0.4 is 5.32 Å². The molecule has 0 saturated carbocycles. The van der Waals surface area contributed by atoms with E-state index < -0.39 is 35.1 Å². The zero-order valence-corrected chi connectivity index (χ0v) is 12.8. The van der Waals surface area contributed by atoms with E-state index in [4.69, 9.17) is 0 Å². The van der Waals surface area contributed by atoms with Crippen molar-refractivity contribution in [2.45, 2.75) is 12.4 Å². The molecule has 2 aromatic carbocycles. The van der Waals surface area contributed by atoms with E-state index in [0.717, 1.165) is 24.3 Å². The molecule has 0 aliphatic rings. The standard InChI is InChI=1S/C17H10F6N2O/c18-16(19,20)12-4-2-1-3-11(12)15(26)24-10-5-6-13-9(7-10)8-14(25-13)17(21,22)23/h1-8,25H,(H,24,26). The van der Waals surface area contributed by atoms with Gasteiger partial charge in [0, 0.05) is 16.6 Å². The van der Waals surface area contributed by atoms with Gasteiger partial charge in [0.2, 0.25) is 0 Å². The van der Waals surface area contributed by atoms with Gasteiger partial charge in [0.1, 0.15) is 5.69 Å². The number of halogens is 6. The summed E-state index contributed by atoms with van der Waals surface area (Å²) in [5.74, 6) is -1.01. The molecule has 3 nitrogen and oxygen atoms in total. The number of rotatable bonds is 2. The van der Waals surface area contributed by atoms with Gasteiger partial charge in [0.15, 0.2) is 0 Å². The average molecular weight is 372 g/mol. The van der Waals surface area contributed by atoms with Crippen molar-refractivity contribution in [3.8, 4) is 0 Å². The fourth-order valence-electron chi connectivity index (χ4n) is 2.49. The maximum atomic E-state index is 13.0. The molecule has 3 rings (SSSR count). The fraction of sp³-hybridized carbons (Fsp3) is 0.118. The largest absolute Gasteiger partial charge is 0.431 e. The van der Waals surface area contributed by atoms with E-state index in [2.05, 4.69) is 10.3 Å². The van der Waals surface area contributed by atoms with Crippen molar-refractivity contribution in [3.05, 3.63) is 65.4 Å². The van der Waals surface area contributed by atoms with Crippen molar-refractivity contribution < 1.29 is 31.1 Å². The Balaban J connectivity index is 1.91. The summed E-state index contributed by atoms with van der Waals surface area (Å²) in [7, 11) is 0. The predicted molar refractivity (Wildman–Crippen MR) is 82.7 cm³/mol. The summed E-state index contributed by atoms with van der Waals surface area (Å²) in [4.78, 5) is 14.4. The third kappa shape index (κ3) is 3.51. The van der Waals surface area contributed by atoms with Gasteiger partial charge in [-0.05, 0) is 36.4 Å². The Kier molecular flexibility index (Phi) is 4.17. The second kappa shape index (κ2) is 6.08. The number of anilines is 1. The van der Waals surface area contributed by atoms with E-state index in [0.29, 0.717) is 0 Å². The highest BCUT2D eigenvalue weighted by molar-refractivity contribution is 6.06. The lowest BCUT2D eigenvalue weighted by Crippen LogP contribution is -2.18. The van der Waals surface area contributed by atoms with Gasteiger partial charge in [-0.25, -0.2) is 0 Å². The van der Waals surface area contributed by atoms with Crippen LogP contribution in [-0.4, -0.2) is 10.9 Å². The minimum Gasteiger partial charge on any atom is -0.351 e. The number of carbonyl (C=O) groups excluding carboxylic acids is 1. The molecule has 0 unspecified atom stereocenters. The molecule has 0 bridgehead atoms. The van der Waals surface area contributed by atoms with E-state index in [1.54, 1.807) is 0 Å². The molecule has 1 aromatic heterocycles. The molecule has 9 heteroatoms. The summed E-state index contributed by atoms with van der Waals surface area (Å²) in [6, 6.07) is 8.95. The third-order valence-corrected chi connectivity index (χ3v) is 3.66. The summed E-state index contributed by atoms with van der Waals surface area (Å²) >= 11 is 0. The van der Waals surface area contributed by atoms with Gasteiger partial charge >= 0.3 is 12.4 Å². The molecule has 0 spiro atoms. The van der Waals surface area contributed by atoms with Crippen LogP contribution in [0.3, 0.4) is 0 Å². The van der Waals surface area contributed by atoms with Crippen LogP contribution in [0.2, 0.25) is 0 Å². The Hall–Kier alpha value is -2.97. The molecule has 0 fully saturated rings. The molecular formula is C17H10F6N2O. The molecular weight excluding hydrogens is 362 g/mol. The molecule has 0 aliphatic heterocycles. The van der Waals surface area contributed by atoms with Crippen molar-refractivity contribution in [1.82, 2.24) is 4.98 Å². The summed E-state index contributed by atoms with van der Waals surface area (Å²) < 4.78 is 77.1. The molecule has 2 N–H and O–H groups in total. The first-order valence-electron chi connectivity index (χ1n) is 7.23. The van der Waals surface area contributed by atoms with Crippen LogP contribution in [0.4, 0.5) is 32.0 Å². The number of benzene rings is 2. The molecule has 1 amide bonds. The Morgan fingerprint density at radius 3 is 2.23 bits per heavy atom. The number of amides is 1. The Morgan fingerprint density at radius 1 is 0.885 bits per heavy atom. The lowest BCUT2D eigenvalue weighted by atomic mass is 10.1. The van der Waals surface area contributed by atoms with Crippen LogP contribution in [0.25, 0.3) is 10.9 Å². The van der Waals surface area contributed by atoms with Gasteiger partial charge < -0.3 is 10.3 Å². The second-order valence-electron chi connectivity index (χ2n) is 5.48. The number of nitrogens with one attached hydrogen (secondary N) is 2. The van der Waals surface area contributed by atoms with Crippen molar-refractivity contribution in [1.29, 1.82) is 0 Å². The second-order valence-corrected chi connectivity index (χ2v) is 5.48. The maximum absolute atomic E-state index is 13.0. The smallest absolute Gasteiger partial charge is 0.351 e. The number of aromatic nitrogens is 1. The minimum atomic E-state index is -4.71. The molecule has 26 heavy (non-hydrogen) atoms. The van der Waals surface area contributed by atoms with E-state index in [1.165, 1.54) is 24.3 Å². The SMILES string of the molecule is O=C(Nc1ccc2[nH]c(C(F)(F)F)cc2c1)c1ccccc1C(F)(F)F. The quantitative estimate of drug-likeness (QED) is 0.577. The molecule has 1 heterocycles. The van der Waals surface area contributed by atoms with Crippen LogP contribution in [0, 0.1) is 0 Å². The minimum absolute atomic E-state index is 0.0761. The Morgan fingerprint density at radius 2 is 1.58 bits per heavy atom. The van der Waals surface area contributed by atoms with Crippen LogP contribution >= 0.6 is 0 Å². The van der Waals surface area contributed by atoms with E-state index in [1.807, 2.05) is 0 Å². The van der Waals surface area contributed by atoms with Gasteiger partial charge in [-0.2, -0.15) is 26.3 Å². The van der Waals surface area contributed by atoms with Crippen molar-refractivity contribution >= 4 is 22.5 Å². The summed E-state index contributed by atoms with van der Waals surface area (Å²) in [6.07, 6.45) is -9.27. The molecule has 3 aromatic rings. The summed E-state index contributed by atoms with van der Waals surface area (Å²) in [5.41, 5.74) is -2.37. The van der Waals surface area contributed by atoms with E-state index in [9.17, 15) is 31.1 Å². The molecule has 0 saturated heterocycles. The normalized spacial score (nSPS) is 12.4. The highest BCUT2D eigenvalue weighted by Gasteiger charge is 2.35. The fourth-order valence-corrected chi connectivity index (χ4v) is 2.49. The number of carbonyl (C=O) groups is 1. The van der Waals surface area contributed by atoms with E-state index >= 15 is 0 Å². The molecule has 136 valence electrons. The van der Waals surface area contributed by atoms with E-state index in [-0.39, 0.29) is 16.6 Å². The number of aromatic amines is 1. The highest BCUT2D eigenvalue weighted by Crippen LogP contribution is 2.33. The van der Waals surface area contributed by atoms with Gasteiger partial charge in [-0.15, -0.1) is 0 Å². The first-order valence-corrected chi connectivity index (χ1v) is 7.23. The van der Waals surface area contributed by atoms with Crippen LogP contribution in [-0.2, 0) is 12.4 Å². The van der Waals surface area contributed by atoms with Crippen molar-refractivity contribution in [2.75, 3.05) is 5.32 Å². The number of hydrogen-bond donors (Lipinski definition) is 2. The van der Waals surface area contributed by atoms with Crippen LogP contribution in [0.15, 0.2) is 48.5 Å². The monoisotopic (exact) mass is 372 g/mol. The van der Waals surface area contributed by atoms with Crippen molar-refractivity contribution in [3.63, 3.8) is 0 Å². The Bertz CT molecular complexity index is 971. The third-order valence-electron chi connectivity index (χ3n) is 3.66. The zero-order chi connectivity index (χ0) is 19.1. The van der Waals surface area contributed by atoms with Crippen LogP contribution in [0.5, 0.6) is 0 Å². The van der Waals surface area contributed by atoms with Gasteiger partial charge in [-0.1, -0.05) is 12.1 Å². The van der Waals surface area contributed by atoms with Gasteiger partial charge in [-0.3, -0.25) is 4.79 Å². The zero-order valence-electron chi connectivity index (χ0n) is 12.8. The first kappa shape index (κ1) is 17.8. The maximum Gasteiger partial charge on any atom is 0.431 e. The van der Waals surface area contributed by atoms with Crippen molar-refractivity contribution in [2.24, 2.45) is 0 Å². The average Bonchev–Trinajstić information content (AvgIpc) is 2.97. The summed E-state index contributed by atoms with van der Waals surface area (Å²) in [6.45, 7) is 0. The summed E-state index contributed by atoms with van der Waals surface area (Å²) in [5, 5.41) is 2.44. The molecule has 0 atom stereocenters.